The molecule has 0 unspecified atom stereocenters. The molecule has 4 N–H and O–H groups in total. The zero-order chi connectivity index (χ0) is 24.5. The quantitative estimate of drug-likeness (QED) is 0.373. The number of fused-ring (bicyclic) bond motifs is 1. The van der Waals surface area contributed by atoms with Gasteiger partial charge in [0.2, 0.25) is 0 Å². The lowest BCUT2D eigenvalue weighted by molar-refractivity contribution is 0.0923. The van der Waals surface area contributed by atoms with E-state index in [2.05, 4.69) is 35.6 Å². The van der Waals surface area contributed by atoms with Gasteiger partial charge in [0.05, 0.1) is 33.8 Å². The highest BCUT2D eigenvalue weighted by Gasteiger charge is 2.31. The topological polar surface area (TPSA) is 144 Å². The van der Waals surface area contributed by atoms with Gasteiger partial charge in [-0.1, -0.05) is 0 Å². The summed E-state index contributed by atoms with van der Waals surface area (Å²) in [5.41, 5.74) is 9.50. The number of piperidine rings is 1. The minimum atomic E-state index is -0.676. The van der Waals surface area contributed by atoms with Gasteiger partial charge in [0.25, 0.3) is 11.8 Å². The van der Waals surface area contributed by atoms with E-state index in [1.807, 2.05) is 19.1 Å². The van der Waals surface area contributed by atoms with Crippen LogP contribution in [0.3, 0.4) is 0 Å². The van der Waals surface area contributed by atoms with Crippen molar-refractivity contribution in [3.8, 4) is 0 Å². The van der Waals surface area contributed by atoms with E-state index in [1.165, 1.54) is 11.3 Å². The summed E-state index contributed by atoms with van der Waals surface area (Å²) in [5.74, 6) is 0.0661. The second-order valence-corrected chi connectivity index (χ2v) is 9.39. The van der Waals surface area contributed by atoms with Gasteiger partial charge in [-0.05, 0) is 38.0 Å². The summed E-state index contributed by atoms with van der Waals surface area (Å²) in [4.78, 5) is 40.3. The number of hydrogen-bond acceptors (Lipinski definition) is 9. The number of aromatic nitrogens is 5. The molecule has 35 heavy (non-hydrogen) atoms. The Morgan fingerprint density at radius 3 is 2.86 bits per heavy atom. The average Bonchev–Trinajstić information content (AvgIpc) is 3.48. The summed E-state index contributed by atoms with van der Waals surface area (Å²) >= 11 is 1.51. The first kappa shape index (κ1) is 22.7. The normalized spacial score (nSPS) is 17.9. The molecule has 1 aliphatic heterocycles. The van der Waals surface area contributed by atoms with Crippen molar-refractivity contribution >= 4 is 50.7 Å². The van der Waals surface area contributed by atoms with Gasteiger partial charge in [-0.2, -0.15) is 5.10 Å². The first-order valence-electron chi connectivity index (χ1n) is 11.2. The molecule has 0 bridgehead atoms. The Labute approximate surface area is 205 Å². The zero-order valence-corrected chi connectivity index (χ0v) is 20.1. The fraction of sp³-hybridized carbons (Fsp3) is 0.304. The molecule has 5 rings (SSSR count). The SMILES string of the molecule is C[C@@H]1[C@H](NC(=O)c2ccc3ncsc3c2)CCCN1c1cnc(C(N)=O)c(Nc2cnn(C)c2)n1. The van der Waals surface area contributed by atoms with Gasteiger partial charge >= 0.3 is 0 Å². The summed E-state index contributed by atoms with van der Waals surface area (Å²) in [6, 6.07) is 5.41. The molecule has 1 aromatic carbocycles. The van der Waals surface area contributed by atoms with Crippen LogP contribution in [0.15, 0.2) is 42.3 Å². The van der Waals surface area contributed by atoms with Gasteiger partial charge in [0, 0.05) is 37.4 Å². The zero-order valence-electron chi connectivity index (χ0n) is 19.3. The molecule has 1 saturated heterocycles. The van der Waals surface area contributed by atoms with Crippen molar-refractivity contribution in [2.75, 3.05) is 16.8 Å². The maximum atomic E-state index is 13.0. The third kappa shape index (κ3) is 4.64. The number of primary amides is 1. The Morgan fingerprint density at radius 2 is 2.09 bits per heavy atom. The number of rotatable bonds is 6. The molecule has 11 nitrogen and oxygen atoms in total. The maximum absolute atomic E-state index is 13.0. The fourth-order valence-electron chi connectivity index (χ4n) is 4.32. The number of nitrogens with zero attached hydrogens (tertiary/aromatic N) is 6. The summed E-state index contributed by atoms with van der Waals surface area (Å²) in [7, 11) is 1.79. The van der Waals surface area contributed by atoms with Crippen molar-refractivity contribution < 1.29 is 9.59 Å². The van der Waals surface area contributed by atoms with E-state index in [0.717, 1.165) is 29.6 Å². The molecule has 0 spiro atoms. The number of carbonyl (C=O) groups is 2. The largest absolute Gasteiger partial charge is 0.364 e. The van der Waals surface area contributed by atoms with Gasteiger partial charge in [-0.25, -0.2) is 15.0 Å². The van der Waals surface area contributed by atoms with Crippen LogP contribution in [0.2, 0.25) is 0 Å². The Kier molecular flexibility index (Phi) is 6.03. The summed E-state index contributed by atoms with van der Waals surface area (Å²) < 4.78 is 2.62. The Balaban J connectivity index is 1.36. The lowest BCUT2D eigenvalue weighted by atomic mass is 9.97. The molecule has 1 fully saturated rings. The van der Waals surface area contributed by atoms with Crippen LogP contribution in [0, 0.1) is 0 Å². The molecule has 1 aliphatic rings. The van der Waals surface area contributed by atoms with Gasteiger partial charge in [-0.3, -0.25) is 14.3 Å². The van der Waals surface area contributed by atoms with Crippen LogP contribution >= 0.6 is 11.3 Å². The second-order valence-electron chi connectivity index (χ2n) is 8.51. The van der Waals surface area contributed by atoms with E-state index in [9.17, 15) is 9.59 Å². The highest BCUT2D eigenvalue weighted by molar-refractivity contribution is 7.16. The number of carbonyl (C=O) groups excluding carboxylic acids is 2. The summed E-state index contributed by atoms with van der Waals surface area (Å²) in [5, 5.41) is 10.4. The summed E-state index contributed by atoms with van der Waals surface area (Å²) in [6.45, 7) is 2.80. The van der Waals surface area contributed by atoms with Crippen molar-refractivity contribution in [2.45, 2.75) is 31.8 Å². The van der Waals surface area contributed by atoms with E-state index >= 15 is 0 Å². The third-order valence-corrected chi connectivity index (χ3v) is 6.94. The molecular weight excluding hydrogens is 466 g/mol. The van der Waals surface area contributed by atoms with Gasteiger partial charge < -0.3 is 21.3 Å². The second kappa shape index (κ2) is 9.29. The minimum absolute atomic E-state index is 0.0418. The standard InChI is InChI=1S/C23H25N9O2S/c1-13-16(29-23(34)14-5-6-17-18(8-14)35-12-26-17)4-3-7-32(13)19-10-25-20(21(24)33)22(30-19)28-15-9-27-31(2)11-15/h5-6,8-13,16H,3-4,7H2,1-2H3,(H2,24,33)(H,28,30)(H,29,34)/t13-,16-/m1/s1. The van der Waals surface area contributed by atoms with Crippen LogP contribution in [0.25, 0.3) is 10.2 Å². The van der Waals surface area contributed by atoms with E-state index < -0.39 is 5.91 Å². The van der Waals surface area contributed by atoms with Crippen LogP contribution in [0.5, 0.6) is 0 Å². The molecule has 0 saturated carbocycles. The van der Waals surface area contributed by atoms with Crippen LogP contribution in [0.1, 0.15) is 40.6 Å². The average molecular weight is 492 g/mol. The molecule has 12 heteroatoms. The third-order valence-electron chi connectivity index (χ3n) is 6.15. The molecule has 2 amide bonds. The van der Waals surface area contributed by atoms with Crippen molar-refractivity contribution in [3.63, 3.8) is 0 Å². The number of nitrogens with one attached hydrogen (secondary N) is 2. The number of benzene rings is 1. The fourth-order valence-corrected chi connectivity index (χ4v) is 5.03. The molecule has 0 aliphatic carbocycles. The minimum Gasteiger partial charge on any atom is -0.364 e. The predicted octanol–water partition coefficient (Wildman–Crippen LogP) is 2.45. The number of thiazole rings is 1. The van der Waals surface area contributed by atoms with Crippen molar-refractivity contribution in [1.82, 2.24) is 30.0 Å². The number of nitrogens with two attached hydrogens (primary N) is 1. The Bertz CT molecular complexity index is 1400. The molecular formula is C23H25N9O2S. The molecule has 4 aromatic rings. The number of hydrogen-bond donors (Lipinski definition) is 3. The highest BCUT2D eigenvalue weighted by Crippen LogP contribution is 2.27. The van der Waals surface area contributed by atoms with E-state index in [4.69, 9.17) is 5.73 Å². The highest BCUT2D eigenvalue weighted by atomic mass is 32.1. The maximum Gasteiger partial charge on any atom is 0.271 e. The molecule has 2 atom stereocenters. The van der Waals surface area contributed by atoms with E-state index in [0.29, 0.717) is 17.1 Å². The lowest BCUT2D eigenvalue weighted by Crippen LogP contribution is -2.54. The molecule has 180 valence electrons. The smallest absolute Gasteiger partial charge is 0.271 e. The number of amides is 2. The Morgan fingerprint density at radius 1 is 1.23 bits per heavy atom. The number of aryl methyl sites for hydroxylation is 1. The van der Waals surface area contributed by atoms with Crippen LogP contribution in [-0.4, -0.2) is 55.2 Å². The lowest BCUT2D eigenvalue weighted by Gasteiger charge is -2.40. The molecule has 3 aromatic heterocycles. The van der Waals surface area contributed by atoms with Crippen molar-refractivity contribution in [1.29, 1.82) is 0 Å². The first-order valence-corrected chi connectivity index (χ1v) is 12.1. The first-order chi connectivity index (χ1) is 16.9. The van der Waals surface area contributed by atoms with Crippen LogP contribution < -0.4 is 21.3 Å². The van der Waals surface area contributed by atoms with Gasteiger partial charge in [0.15, 0.2) is 11.5 Å². The molecule has 4 heterocycles. The number of anilines is 3. The van der Waals surface area contributed by atoms with E-state index in [-0.39, 0.29) is 29.5 Å². The summed E-state index contributed by atoms with van der Waals surface area (Å²) in [6.07, 6.45) is 6.65. The van der Waals surface area contributed by atoms with Gasteiger partial charge in [0.1, 0.15) is 5.82 Å². The van der Waals surface area contributed by atoms with Crippen molar-refractivity contribution in [2.24, 2.45) is 12.8 Å². The Hall–Kier alpha value is -4.06. The van der Waals surface area contributed by atoms with E-state index in [1.54, 1.807) is 41.9 Å². The van der Waals surface area contributed by atoms with Gasteiger partial charge in [-0.15, -0.1) is 11.3 Å². The van der Waals surface area contributed by atoms with Crippen molar-refractivity contribution in [3.05, 3.63) is 53.6 Å². The molecule has 0 radical (unpaired) electrons. The monoisotopic (exact) mass is 491 g/mol. The van der Waals surface area contributed by atoms with Crippen LogP contribution in [-0.2, 0) is 7.05 Å². The van der Waals surface area contributed by atoms with Crippen LogP contribution in [0.4, 0.5) is 17.3 Å². The predicted molar refractivity (Wildman–Crippen MR) is 134 cm³/mol.